The normalized spacial score (nSPS) is 15.3. The first-order valence-corrected chi connectivity index (χ1v) is 12.0. The Morgan fingerprint density at radius 2 is 1.79 bits per heavy atom. The number of nitrogens with one attached hydrogen (secondary N) is 1. The lowest BCUT2D eigenvalue weighted by Gasteiger charge is -2.28. The smallest absolute Gasteiger partial charge is 0.252 e. The number of hydrogen-bond acceptors (Lipinski definition) is 4. The van der Waals surface area contributed by atoms with Gasteiger partial charge in [0.2, 0.25) is 0 Å². The molecule has 5 heteroatoms. The number of carbonyl (C=O) groups is 1. The number of rotatable bonds is 8. The summed E-state index contributed by atoms with van der Waals surface area (Å²) in [4.78, 5) is 16.6. The van der Waals surface area contributed by atoms with Gasteiger partial charge in [-0.2, -0.15) is 11.3 Å². The van der Waals surface area contributed by atoms with E-state index < -0.39 is 0 Å². The number of hydrogen-bond donors (Lipinski definition) is 1. The highest BCUT2D eigenvalue weighted by atomic mass is 32.2. The molecule has 3 nitrogen and oxygen atoms in total. The van der Waals surface area contributed by atoms with Gasteiger partial charge in [0, 0.05) is 17.2 Å². The van der Waals surface area contributed by atoms with E-state index in [0.29, 0.717) is 6.54 Å². The minimum Gasteiger partial charge on any atom is -0.350 e. The molecule has 29 heavy (non-hydrogen) atoms. The number of likely N-dealkylation sites (tertiary alicyclic amines) is 1. The Morgan fingerprint density at radius 3 is 2.55 bits per heavy atom. The van der Waals surface area contributed by atoms with Crippen LogP contribution in [0.5, 0.6) is 0 Å². The molecule has 1 saturated heterocycles. The van der Waals surface area contributed by atoms with Gasteiger partial charge in [-0.25, -0.2) is 0 Å². The van der Waals surface area contributed by atoms with E-state index in [4.69, 9.17) is 0 Å². The van der Waals surface area contributed by atoms with E-state index in [2.05, 4.69) is 51.3 Å². The molecule has 1 atom stereocenters. The summed E-state index contributed by atoms with van der Waals surface area (Å²) in [6, 6.07) is 20.8. The van der Waals surface area contributed by atoms with Crippen molar-refractivity contribution < 1.29 is 4.79 Å². The summed E-state index contributed by atoms with van der Waals surface area (Å²) < 4.78 is 0. The highest BCUT2D eigenvalue weighted by Crippen LogP contribution is 2.28. The molecule has 2 aromatic carbocycles. The molecule has 0 saturated carbocycles. The molecule has 1 aromatic heterocycles. The van der Waals surface area contributed by atoms with Gasteiger partial charge in [-0.1, -0.05) is 42.5 Å². The lowest BCUT2D eigenvalue weighted by Crippen LogP contribution is -2.37. The third kappa shape index (κ3) is 5.30. The van der Waals surface area contributed by atoms with Crippen LogP contribution < -0.4 is 5.32 Å². The second kappa shape index (κ2) is 10.1. The minimum atomic E-state index is 0.0125. The Balaban J connectivity index is 1.44. The average Bonchev–Trinajstić information content (AvgIpc) is 3.48. The van der Waals surface area contributed by atoms with Gasteiger partial charge < -0.3 is 5.32 Å². The first-order valence-electron chi connectivity index (χ1n) is 10.1. The molecule has 1 amide bonds. The van der Waals surface area contributed by atoms with Crippen LogP contribution in [0, 0.1) is 0 Å². The van der Waals surface area contributed by atoms with Gasteiger partial charge in [-0.3, -0.25) is 9.69 Å². The van der Waals surface area contributed by atoms with Crippen LogP contribution in [-0.2, 0) is 5.75 Å². The van der Waals surface area contributed by atoms with E-state index in [-0.39, 0.29) is 11.9 Å². The number of carbonyl (C=O) groups excluding carboxylic acids is 1. The third-order valence-electron chi connectivity index (χ3n) is 5.33. The maximum atomic E-state index is 13.0. The molecule has 1 fully saturated rings. The molecular weight excluding hydrogens is 396 g/mol. The maximum Gasteiger partial charge on any atom is 0.252 e. The van der Waals surface area contributed by atoms with Crippen molar-refractivity contribution in [3.8, 4) is 0 Å². The number of thioether (sulfide) groups is 1. The van der Waals surface area contributed by atoms with Crippen molar-refractivity contribution >= 4 is 29.0 Å². The van der Waals surface area contributed by atoms with Crippen molar-refractivity contribution in [2.45, 2.75) is 29.5 Å². The fourth-order valence-corrected chi connectivity index (χ4v) is 5.55. The Kier molecular flexibility index (Phi) is 7.04. The maximum absolute atomic E-state index is 13.0. The SMILES string of the molecule is O=C(NCC(c1ccccc1)N1CCCC1)c1ccccc1SCc1ccsc1. The van der Waals surface area contributed by atoms with Gasteiger partial charge in [0.15, 0.2) is 0 Å². The summed E-state index contributed by atoms with van der Waals surface area (Å²) in [5.41, 5.74) is 3.34. The van der Waals surface area contributed by atoms with E-state index in [9.17, 15) is 4.79 Å². The van der Waals surface area contributed by atoms with Crippen LogP contribution in [0.2, 0.25) is 0 Å². The summed E-state index contributed by atoms with van der Waals surface area (Å²) in [7, 11) is 0. The van der Waals surface area contributed by atoms with Crippen molar-refractivity contribution in [3.63, 3.8) is 0 Å². The van der Waals surface area contributed by atoms with Crippen LogP contribution in [0.25, 0.3) is 0 Å². The van der Waals surface area contributed by atoms with E-state index in [1.165, 1.54) is 24.0 Å². The monoisotopic (exact) mass is 422 g/mol. The first kappa shape index (κ1) is 20.2. The molecule has 0 bridgehead atoms. The first-order chi connectivity index (χ1) is 14.3. The fourth-order valence-electron chi connectivity index (χ4n) is 3.79. The molecule has 2 heterocycles. The Morgan fingerprint density at radius 1 is 1.03 bits per heavy atom. The highest BCUT2D eigenvalue weighted by molar-refractivity contribution is 7.98. The van der Waals surface area contributed by atoms with Gasteiger partial charge in [0.1, 0.15) is 0 Å². The fraction of sp³-hybridized carbons (Fsp3) is 0.292. The van der Waals surface area contributed by atoms with Crippen LogP contribution in [-0.4, -0.2) is 30.4 Å². The van der Waals surface area contributed by atoms with Gasteiger partial charge >= 0.3 is 0 Å². The molecular formula is C24H26N2OS2. The quantitative estimate of drug-likeness (QED) is 0.479. The lowest BCUT2D eigenvalue weighted by molar-refractivity contribution is 0.0935. The Bertz CT molecular complexity index is 906. The van der Waals surface area contributed by atoms with Crippen molar-refractivity contribution in [3.05, 3.63) is 88.1 Å². The van der Waals surface area contributed by atoms with Gasteiger partial charge in [0.05, 0.1) is 11.6 Å². The largest absolute Gasteiger partial charge is 0.350 e. The summed E-state index contributed by atoms with van der Waals surface area (Å²) in [5.74, 6) is 0.896. The molecule has 0 radical (unpaired) electrons. The van der Waals surface area contributed by atoms with Gasteiger partial charge in [-0.05, 0) is 66.0 Å². The number of amides is 1. The molecule has 1 aliphatic heterocycles. The van der Waals surface area contributed by atoms with Gasteiger partial charge in [0.25, 0.3) is 5.91 Å². The van der Waals surface area contributed by atoms with Crippen LogP contribution in [0.15, 0.2) is 76.3 Å². The number of thiophene rings is 1. The Hall–Kier alpha value is -2.08. The third-order valence-corrected chi connectivity index (χ3v) is 7.20. The summed E-state index contributed by atoms with van der Waals surface area (Å²) in [6.45, 7) is 2.83. The molecule has 1 N–H and O–H groups in total. The second-order valence-corrected chi connectivity index (χ2v) is 9.09. The van der Waals surface area contributed by atoms with Crippen molar-refractivity contribution in [2.24, 2.45) is 0 Å². The second-order valence-electron chi connectivity index (χ2n) is 7.30. The predicted molar refractivity (Wildman–Crippen MR) is 123 cm³/mol. The standard InChI is InChI=1S/C24H26N2OS2/c27-24(21-10-4-5-11-23(21)29-18-19-12-15-28-17-19)25-16-22(26-13-6-7-14-26)20-8-2-1-3-9-20/h1-5,8-12,15,17,22H,6-7,13-14,16,18H2,(H,25,27). The zero-order chi connectivity index (χ0) is 19.9. The van der Waals surface area contributed by atoms with Crippen molar-refractivity contribution in [1.82, 2.24) is 10.2 Å². The zero-order valence-electron chi connectivity index (χ0n) is 16.4. The number of benzene rings is 2. The molecule has 4 rings (SSSR count). The number of nitrogens with zero attached hydrogens (tertiary/aromatic N) is 1. The molecule has 3 aromatic rings. The predicted octanol–water partition coefficient (Wildman–Crippen LogP) is 5.61. The lowest BCUT2D eigenvalue weighted by atomic mass is 10.1. The van der Waals surface area contributed by atoms with Crippen LogP contribution in [0.3, 0.4) is 0 Å². The summed E-state index contributed by atoms with van der Waals surface area (Å²) >= 11 is 3.43. The van der Waals surface area contributed by atoms with Crippen LogP contribution >= 0.6 is 23.1 Å². The zero-order valence-corrected chi connectivity index (χ0v) is 18.1. The molecule has 150 valence electrons. The van der Waals surface area contributed by atoms with E-state index in [1.54, 1.807) is 23.1 Å². The topological polar surface area (TPSA) is 32.3 Å². The molecule has 1 unspecified atom stereocenters. The van der Waals surface area contributed by atoms with E-state index in [0.717, 1.165) is 29.3 Å². The van der Waals surface area contributed by atoms with Gasteiger partial charge in [-0.15, -0.1) is 11.8 Å². The summed E-state index contributed by atoms with van der Waals surface area (Å²) in [6.07, 6.45) is 2.47. The van der Waals surface area contributed by atoms with Crippen LogP contribution in [0.4, 0.5) is 0 Å². The molecule has 0 spiro atoms. The van der Waals surface area contributed by atoms with Crippen molar-refractivity contribution in [1.29, 1.82) is 0 Å². The van der Waals surface area contributed by atoms with E-state index >= 15 is 0 Å². The average molecular weight is 423 g/mol. The van der Waals surface area contributed by atoms with E-state index in [1.807, 2.05) is 30.3 Å². The minimum absolute atomic E-state index is 0.0125. The molecule has 1 aliphatic rings. The Labute approximate surface area is 181 Å². The van der Waals surface area contributed by atoms with Crippen LogP contribution in [0.1, 0.15) is 40.4 Å². The molecule has 0 aliphatic carbocycles. The van der Waals surface area contributed by atoms with Crippen molar-refractivity contribution in [2.75, 3.05) is 19.6 Å². The summed E-state index contributed by atoms with van der Waals surface area (Å²) in [5, 5.41) is 7.47. The highest BCUT2D eigenvalue weighted by Gasteiger charge is 2.24.